The van der Waals surface area contributed by atoms with E-state index in [-0.39, 0.29) is 0 Å². The molecular weight excluding hydrogens is 162 g/mol. The Morgan fingerprint density at radius 1 is 1.46 bits per heavy atom. The van der Waals surface area contributed by atoms with E-state index in [1.807, 2.05) is 6.92 Å². The van der Waals surface area contributed by atoms with Crippen LogP contribution in [0.3, 0.4) is 0 Å². The summed E-state index contributed by atoms with van der Waals surface area (Å²) in [6.07, 6.45) is 2.69. The number of hydrogen-bond acceptors (Lipinski definition) is 2. The Kier molecular flexibility index (Phi) is 3.10. The van der Waals surface area contributed by atoms with Crippen molar-refractivity contribution in [3.8, 4) is 11.8 Å². The van der Waals surface area contributed by atoms with Crippen molar-refractivity contribution in [2.75, 3.05) is 6.61 Å². The highest BCUT2D eigenvalue weighted by Gasteiger charge is 2.00. The van der Waals surface area contributed by atoms with Crippen molar-refractivity contribution in [3.05, 3.63) is 42.0 Å². The summed E-state index contributed by atoms with van der Waals surface area (Å²) in [7, 11) is 0. The molecule has 0 aliphatic carbocycles. The third-order valence-electron chi connectivity index (χ3n) is 1.61. The van der Waals surface area contributed by atoms with Crippen molar-refractivity contribution >= 4 is 0 Å². The van der Waals surface area contributed by atoms with E-state index in [9.17, 15) is 0 Å². The average molecular weight is 172 g/mol. The molecule has 0 atom stereocenters. The van der Waals surface area contributed by atoms with Gasteiger partial charge in [0.25, 0.3) is 0 Å². The number of hydrogen-bond donors (Lipinski definition) is 0. The molecule has 0 N–H and O–H groups in total. The molecule has 65 valence electrons. The van der Waals surface area contributed by atoms with E-state index in [1.165, 1.54) is 0 Å². The Balaban J connectivity index is 3.07. The van der Waals surface area contributed by atoms with Gasteiger partial charge in [-0.05, 0) is 31.2 Å². The van der Waals surface area contributed by atoms with Crippen molar-refractivity contribution < 1.29 is 4.74 Å². The largest absolute Gasteiger partial charge is 0.494 e. The predicted octanol–water partition coefficient (Wildman–Crippen LogP) is 2.29. The van der Waals surface area contributed by atoms with Crippen LogP contribution < -0.4 is 4.74 Å². The smallest absolute Gasteiger partial charge is 0.119 e. The molecule has 0 saturated heterocycles. The average Bonchev–Trinajstić information content (AvgIpc) is 2.18. The zero-order chi connectivity index (χ0) is 9.68. The molecule has 0 aliphatic heterocycles. The molecule has 1 aromatic rings. The van der Waals surface area contributed by atoms with E-state index in [0.29, 0.717) is 17.7 Å². The number of nitrogens with zero attached hydrogens (tertiary/aromatic N) is 1. The van der Waals surface area contributed by atoms with Gasteiger partial charge in [0.2, 0.25) is 0 Å². The molecule has 2 heteroatoms. The second kappa shape index (κ2) is 4.32. The van der Waals surface area contributed by atoms with Gasteiger partial charge in [-0.1, -0.05) is 6.58 Å². The van der Waals surface area contributed by atoms with Gasteiger partial charge in [-0.3, -0.25) is 0 Å². The first-order valence-electron chi connectivity index (χ1n) is 4.02. The van der Waals surface area contributed by atoms with Crippen LogP contribution in [-0.4, -0.2) is 6.61 Å². The second-order valence-corrected chi connectivity index (χ2v) is 2.43. The van der Waals surface area contributed by atoms with E-state index in [0.717, 1.165) is 5.75 Å². The van der Waals surface area contributed by atoms with Crippen molar-refractivity contribution in [2.45, 2.75) is 6.92 Å². The van der Waals surface area contributed by atoms with Crippen molar-refractivity contribution in [1.82, 2.24) is 0 Å². The lowest BCUT2D eigenvalue weighted by molar-refractivity contribution is 0.340. The van der Waals surface area contributed by atoms with E-state index >= 15 is 0 Å². The lowest BCUT2D eigenvalue weighted by atomic mass is 10.1. The van der Waals surface area contributed by atoms with Crippen molar-refractivity contribution in [2.24, 2.45) is 0 Å². The first-order chi connectivity index (χ1) is 6.31. The van der Waals surface area contributed by atoms with Gasteiger partial charge in [-0.15, -0.1) is 0 Å². The third kappa shape index (κ3) is 2.09. The van der Waals surface area contributed by atoms with Gasteiger partial charge in [0.05, 0.1) is 18.2 Å². The maximum absolute atomic E-state index is 8.71. The molecule has 0 fully saturated rings. The highest BCUT2D eigenvalue weighted by molar-refractivity contribution is 5.45. The zero-order valence-electron chi connectivity index (χ0n) is 7.50. The molecule has 0 heterocycles. The van der Waals surface area contributed by atoms with Crippen LogP contribution in [0.1, 0.15) is 18.1 Å². The Bertz CT molecular complexity index is 350. The van der Waals surface area contributed by atoms with Gasteiger partial charge < -0.3 is 4.74 Å². The van der Waals surface area contributed by atoms with Crippen LogP contribution >= 0.6 is 0 Å². The minimum atomic E-state index is 0.568. The molecule has 0 unspecified atom stereocenters. The number of benzene rings is 1. The van der Waals surface area contributed by atoms with Crippen LogP contribution in [-0.2, 0) is 0 Å². The minimum Gasteiger partial charge on any atom is -0.494 e. The quantitative estimate of drug-likeness (QED) is 0.700. The number of nitriles is 1. The van der Waals surface area contributed by atoms with E-state index in [2.05, 4.69) is 18.7 Å². The summed E-state index contributed by atoms with van der Waals surface area (Å²) in [4.78, 5) is 0. The Labute approximate surface area is 78.1 Å². The second-order valence-electron chi connectivity index (χ2n) is 2.43. The Hall–Kier alpha value is -1.75. The van der Waals surface area contributed by atoms with Crippen molar-refractivity contribution in [1.29, 1.82) is 5.26 Å². The maximum Gasteiger partial charge on any atom is 0.119 e. The summed E-state index contributed by atoms with van der Waals surface area (Å²) in [6, 6.07) is 7.29. The first-order valence-corrected chi connectivity index (χ1v) is 4.02. The molecule has 0 aromatic heterocycles. The van der Waals surface area contributed by atoms with Crippen LogP contribution in [0, 0.1) is 17.4 Å². The van der Waals surface area contributed by atoms with Crippen molar-refractivity contribution in [3.63, 3.8) is 0 Å². The summed E-state index contributed by atoms with van der Waals surface area (Å²) in [6.45, 7) is 6.03. The van der Waals surface area contributed by atoms with Gasteiger partial charge in [-0.2, -0.15) is 5.26 Å². The molecule has 0 saturated carbocycles. The zero-order valence-corrected chi connectivity index (χ0v) is 7.50. The topological polar surface area (TPSA) is 33.0 Å². The van der Waals surface area contributed by atoms with Crippen LogP contribution in [0.5, 0.6) is 5.75 Å². The van der Waals surface area contributed by atoms with Crippen LogP contribution in [0.15, 0.2) is 24.8 Å². The normalized spacial score (nSPS) is 8.92. The molecule has 13 heavy (non-hydrogen) atoms. The van der Waals surface area contributed by atoms with E-state index in [1.54, 1.807) is 18.2 Å². The van der Waals surface area contributed by atoms with Gasteiger partial charge in [0, 0.05) is 5.56 Å². The summed E-state index contributed by atoms with van der Waals surface area (Å²) in [5.74, 6) is 0.743. The maximum atomic E-state index is 8.71. The molecule has 0 spiro atoms. The monoisotopic (exact) mass is 172 g/mol. The highest BCUT2D eigenvalue weighted by atomic mass is 16.5. The standard InChI is InChI=1S/C11H10NO/c1-3-9-7-11(13-4-2)6-5-10(9)8-12/h5-7H,1,4H2,2H3. The summed E-state index contributed by atoms with van der Waals surface area (Å²) in [5, 5.41) is 8.71. The lowest BCUT2D eigenvalue weighted by Crippen LogP contribution is -1.92. The van der Waals surface area contributed by atoms with Crippen LogP contribution in [0.4, 0.5) is 0 Å². The van der Waals surface area contributed by atoms with E-state index < -0.39 is 0 Å². The van der Waals surface area contributed by atoms with Crippen LogP contribution in [0.25, 0.3) is 0 Å². The SMILES string of the molecule is C=[C]c1cc(OCC)ccc1C#N. The third-order valence-corrected chi connectivity index (χ3v) is 1.61. The van der Waals surface area contributed by atoms with Gasteiger partial charge in [0.15, 0.2) is 0 Å². The lowest BCUT2D eigenvalue weighted by Gasteiger charge is -2.04. The van der Waals surface area contributed by atoms with Crippen LogP contribution in [0.2, 0.25) is 0 Å². The molecule has 0 bridgehead atoms. The summed E-state index contributed by atoms with van der Waals surface area (Å²) >= 11 is 0. The molecular formula is C11H10NO. The molecule has 1 aromatic carbocycles. The molecule has 1 rings (SSSR count). The molecule has 2 nitrogen and oxygen atoms in total. The van der Waals surface area contributed by atoms with Gasteiger partial charge >= 0.3 is 0 Å². The molecule has 0 aliphatic rings. The van der Waals surface area contributed by atoms with Gasteiger partial charge in [0.1, 0.15) is 5.75 Å². The van der Waals surface area contributed by atoms with E-state index in [4.69, 9.17) is 10.00 Å². The fourth-order valence-corrected chi connectivity index (χ4v) is 1.02. The fraction of sp³-hybridized carbons (Fsp3) is 0.182. The molecule has 0 amide bonds. The minimum absolute atomic E-state index is 0.568. The highest BCUT2D eigenvalue weighted by Crippen LogP contribution is 2.17. The van der Waals surface area contributed by atoms with Gasteiger partial charge in [-0.25, -0.2) is 0 Å². The predicted molar refractivity (Wildman–Crippen MR) is 50.3 cm³/mol. The summed E-state index contributed by atoms with van der Waals surface area (Å²) < 4.78 is 5.27. The Morgan fingerprint density at radius 3 is 2.77 bits per heavy atom. The first kappa shape index (κ1) is 9.34. The number of ether oxygens (including phenoxy) is 1. The number of rotatable bonds is 3. The Morgan fingerprint density at radius 2 is 2.23 bits per heavy atom. The molecule has 1 radical (unpaired) electrons. The fourth-order valence-electron chi connectivity index (χ4n) is 1.02. The summed E-state index contributed by atoms with van der Waals surface area (Å²) in [5.41, 5.74) is 1.26.